The largest absolute Gasteiger partial charge is 0.351 e. The van der Waals surface area contributed by atoms with Crippen molar-refractivity contribution in [3.05, 3.63) is 59.4 Å². The predicted octanol–water partition coefficient (Wildman–Crippen LogP) is 2.05. The molecule has 0 bridgehead atoms. The van der Waals surface area contributed by atoms with E-state index < -0.39 is 0 Å². The molecule has 4 rings (SSSR count). The van der Waals surface area contributed by atoms with Crippen LogP contribution in [-0.2, 0) is 4.79 Å². The molecule has 2 N–H and O–H groups in total. The van der Waals surface area contributed by atoms with E-state index in [1.54, 1.807) is 30.5 Å². The lowest BCUT2D eigenvalue weighted by Gasteiger charge is -2.02. The van der Waals surface area contributed by atoms with E-state index in [-0.39, 0.29) is 11.7 Å². The molecule has 0 saturated carbocycles. The maximum atomic E-state index is 12.4. The molecule has 2 aliphatic heterocycles. The number of allylic oxidation sites excluding steroid dienone is 1. The molecule has 0 spiro atoms. The minimum absolute atomic E-state index is 0.164. The number of hydrogen-bond donors (Lipinski definition) is 2. The summed E-state index contributed by atoms with van der Waals surface area (Å²) < 4.78 is 0. The van der Waals surface area contributed by atoms with Crippen LogP contribution >= 0.6 is 0 Å². The number of rotatable bonds is 0. The highest BCUT2D eigenvalue weighted by Gasteiger charge is 2.35. The number of para-hydroxylation sites is 1. The number of aromatic nitrogens is 1. The Bertz CT molecular complexity index is 808. The van der Waals surface area contributed by atoms with Crippen molar-refractivity contribution < 1.29 is 9.59 Å². The molecule has 1 amide bonds. The Hall–Kier alpha value is -2.95. The zero-order valence-corrected chi connectivity index (χ0v) is 10.3. The highest BCUT2D eigenvalue weighted by atomic mass is 16.2. The van der Waals surface area contributed by atoms with E-state index in [1.165, 1.54) is 0 Å². The first kappa shape index (κ1) is 10.9. The zero-order valence-electron chi connectivity index (χ0n) is 10.3. The van der Waals surface area contributed by atoms with Crippen LogP contribution in [0.25, 0.3) is 5.57 Å². The van der Waals surface area contributed by atoms with Gasteiger partial charge in [-0.25, -0.2) is 4.98 Å². The molecule has 0 unspecified atom stereocenters. The third-order valence-corrected chi connectivity index (χ3v) is 3.44. The van der Waals surface area contributed by atoms with Crippen LogP contribution in [0, 0.1) is 0 Å². The number of anilines is 2. The summed E-state index contributed by atoms with van der Waals surface area (Å²) in [4.78, 5) is 28.6. The van der Waals surface area contributed by atoms with Crippen LogP contribution in [0.4, 0.5) is 11.5 Å². The Morgan fingerprint density at radius 3 is 2.55 bits per heavy atom. The van der Waals surface area contributed by atoms with Gasteiger partial charge in [0.2, 0.25) is 5.78 Å². The molecule has 2 aromatic rings. The first-order valence-corrected chi connectivity index (χ1v) is 6.17. The van der Waals surface area contributed by atoms with Gasteiger partial charge in [-0.2, -0.15) is 0 Å². The summed E-state index contributed by atoms with van der Waals surface area (Å²) in [5, 5.41) is 5.71. The molecule has 0 aliphatic carbocycles. The van der Waals surface area contributed by atoms with Gasteiger partial charge < -0.3 is 10.6 Å². The highest BCUT2D eigenvalue weighted by molar-refractivity contribution is 6.38. The standard InChI is InChI=1S/C15H9N3O2/c19-13-8-4-1-2-6-10(8)17-12(13)11-9-5-3-7-16-14(9)18-15(11)20/h1-7,17H,(H,16,18,20)/b12-11-. The quantitative estimate of drug-likeness (QED) is 0.714. The van der Waals surface area contributed by atoms with Gasteiger partial charge in [0.05, 0.1) is 5.57 Å². The first-order valence-electron chi connectivity index (χ1n) is 6.17. The second-order valence-corrected chi connectivity index (χ2v) is 4.60. The van der Waals surface area contributed by atoms with Crippen molar-refractivity contribution in [3.8, 4) is 0 Å². The van der Waals surface area contributed by atoms with Gasteiger partial charge in [-0.3, -0.25) is 9.59 Å². The number of Topliss-reactive ketones (excluding diaryl/α,β-unsaturated/α-hetero) is 1. The summed E-state index contributed by atoms with van der Waals surface area (Å²) >= 11 is 0. The topological polar surface area (TPSA) is 71.1 Å². The fourth-order valence-corrected chi connectivity index (χ4v) is 2.54. The molecular weight excluding hydrogens is 254 g/mol. The van der Waals surface area contributed by atoms with Crippen molar-refractivity contribution in [2.24, 2.45) is 0 Å². The van der Waals surface area contributed by atoms with Crippen LogP contribution in [0.1, 0.15) is 15.9 Å². The van der Waals surface area contributed by atoms with Crippen molar-refractivity contribution in [3.63, 3.8) is 0 Å². The Labute approximate surface area is 114 Å². The molecule has 0 saturated heterocycles. The molecule has 20 heavy (non-hydrogen) atoms. The van der Waals surface area contributed by atoms with Gasteiger partial charge >= 0.3 is 0 Å². The lowest BCUT2D eigenvalue weighted by molar-refractivity contribution is -0.110. The zero-order chi connectivity index (χ0) is 13.7. The molecule has 5 nitrogen and oxygen atoms in total. The summed E-state index contributed by atoms with van der Waals surface area (Å²) in [5.41, 5.74) is 2.64. The first-order chi connectivity index (χ1) is 9.75. The number of nitrogens with one attached hydrogen (secondary N) is 2. The fourth-order valence-electron chi connectivity index (χ4n) is 2.54. The van der Waals surface area contributed by atoms with Crippen molar-refractivity contribution in [1.82, 2.24) is 4.98 Å². The number of nitrogens with zero attached hydrogens (tertiary/aromatic N) is 1. The third-order valence-electron chi connectivity index (χ3n) is 3.44. The Morgan fingerprint density at radius 2 is 1.70 bits per heavy atom. The van der Waals surface area contributed by atoms with Crippen LogP contribution < -0.4 is 10.6 Å². The Morgan fingerprint density at radius 1 is 0.900 bits per heavy atom. The third kappa shape index (κ3) is 1.34. The molecule has 96 valence electrons. The van der Waals surface area contributed by atoms with Gasteiger partial charge in [0.25, 0.3) is 5.91 Å². The van der Waals surface area contributed by atoms with Gasteiger partial charge in [-0.05, 0) is 24.3 Å². The Kier molecular flexibility index (Phi) is 2.06. The van der Waals surface area contributed by atoms with Crippen LogP contribution in [-0.4, -0.2) is 16.7 Å². The summed E-state index contributed by atoms with van der Waals surface area (Å²) in [5.74, 6) is 0.0235. The van der Waals surface area contributed by atoms with Crippen LogP contribution in [0.15, 0.2) is 48.3 Å². The van der Waals surface area contributed by atoms with E-state index in [9.17, 15) is 9.59 Å². The summed E-state index contributed by atoms with van der Waals surface area (Å²) in [7, 11) is 0. The van der Waals surface area contributed by atoms with E-state index >= 15 is 0 Å². The number of carbonyl (C=O) groups is 2. The number of hydrogen-bond acceptors (Lipinski definition) is 4. The molecule has 3 heterocycles. The van der Waals surface area contributed by atoms with Gasteiger partial charge in [0, 0.05) is 23.0 Å². The second kappa shape index (κ2) is 3.77. The van der Waals surface area contributed by atoms with Gasteiger partial charge in [0.15, 0.2) is 0 Å². The predicted molar refractivity (Wildman–Crippen MR) is 74.2 cm³/mol. The number of fused-ring (bicyclic) bond motifs is 2. The molecule has 1 aromatic heterocycles. The van der Waals surface area contributed by atoms with E-state index in [0.29, 0.717) is 28.2 Å². The molecule has 1 aromatic carbocycles. The van der Waals surface area contributed by atoms with Crippen molar-refractivity contribution in [2.45, 2.75) is 0 Å². The maximum absolute atomic E-state index is 12.4. The lowest BCUT2D eigenvalue weighted by Crippen LogP contribution is -2.11. The number of pyridine rings is 1. The minimum atomic E-state index is -0.303. The normalized spacial score (nSPS) is 19.4. The van der Waals surface area contributed by atoms with Crippen molar-refractivity contribution in [1.29, 1.82) is 0 Å². The number of amides is 1. The van der Waals surface area contributed by atoms with Gasteiger partial charge in [0.1, 0.15) is 11.5 Å². The van der Waals surface area contributed by atoms with Crippen LogP contribution in [0.3, 0.4) is 0 Å². The van der Waals surface area contributed by atoms with Crippen molar-refractivity contribution in [2.75, 3.05) is 10.6 Å². The summed E-state index contributed by atoms with van der Waals surface area (Å²) in [6.07, 6.45) is 1.60. The monoisotopic (exact) mass is 263 g/mol. The van der Waals surface area contributed by atoms with E-state index in [4.69, 9.17) is 0 Å². The van der Waals surface area contributed by atoms with Crippen LogP contribution in [0.2, 0.25) is 0 Å². The molecule has 0 atom stereocenters. The fraction of sp³-hybridized carbons (Fsp3) is 0. The smallest absolute Gasteiger partial charge is 0.259 e. The van der Waals surface area contributed by atoms with E-state index in [2.05, 4.69) is 15.6 Å². The van der Waals surface area contributed by atoms with E-state index in [0.717, 1.165) is 5.69 Å². The van der Waals surface area contributed by atoms with Crippen LogP contribution in [0.5, 0.6) is 0 Å². The average molecular weight is 263 g/mol. The number of carbonyl (C=O) groups excluding carboxylic acids is 2. The van der Waals surface area contributed by atoms with Gasteiger partial charge in [-0.1, -0.05) is 12.1 Å². The van der Waals surface area contributed by atoms with Gasteiger partial charge in [-0.15, -0.1) is 0 Å². The molecule has 0 fully saturated rings. The molecule has 0 radical (unpaired) electrons. The highest BCUT2D eigenvalue weighted by Crippen LogP contribution is 2.37. The average Bonchev–Trinajstić information content (AvgIpc) is 2.96. The summed E-state index contributed by atoms with van der Waals surface area (Å²) in [6.45, 7) is 0. The summed E-state index contributed by atoms with van der Waals surface area (Å²) in [6, 6.07) is 10.7. The minimum Gasteiger partial charge on any atom is -0.351 e. The second-order valence-electron chi connectivity index (χ2n) is 4.60. The van der Waals surface area contributed by atoms with E-state index in [1.807, 2.05) is 12.1 Å². The molecule has 2 aliphatic rings. The lowest BCUT2D eigenvalue weighted by atomic mass is 10.0. The Balaban J connectivity index is 1.94. The number of benzene rings is 1. The van der Waals surface area contributed by atoms with Crippen molar-refractivity contribution >= 4 is 28.8 Å². The molecular formula is C15H9N3O2. The maximum Gasteiger partial charge on any atom is 0.259 e. The number of ketones is 1. The SMILES string of the molecule is O=C1Nc2ncccc2/C1=C1/Nc2ccccc2C1=O. The molecule has 5 heteroatoms.